The van der Waals surface area contributed by atoms with Crippen molar-refractivity contribution in [3.63, 3.8) is 0 Å². The van der Waals surface area contributed by atoms with E-state index in [-0.39, 0.29) is 11.8 Å². The van der Waals surface area contributed by atoms with E-state index in [1.807, 2.05) is 18.2 Å². The predicted molar refractivity (Wildman–Crippen MR) is 95.5 cm³/mol. The topological polar surface area (TPSA) is 46.3 Å². The van der Waals surface area contributed by atoms with Crippen LogP contribution in [0.1, 0.15) is 29.5 Å². The van der Waals surface area contributed by atoms with E-state index >= 15 is 0 Å². The summed E-state index contributed by atoms with van der Waals surface area (Å²) < 4.78 is 0. The third-order valence-corrected chi connectivity index (χ3v) is 5.96. The largest absolute Gasteiger partial charge is 0.337 e. The van der Waals surface area contributed by atoms with Gasteiger partial charge in [0.2, 0.25) is 5.91 Å². The quantitative estimate of drug-likeness (QED) is 0.945. The summed E-state index contributed by atoms with van der Waals surface area (Å²) in [6.45, 7) is 2.10. The maximum Gasteiger partial charge on any atom is 0.233 e. The smallest absolute Gasteiger partial charge is 0.233 e. The van der Waals surface area contributed by atoms with Gasteiger partial charge < -0.3 is 10.6 Å². The molecule has 2 aromatic rings. The van der Waals surface area contributed by atoms with Gasteiger partial charge in [0.05, 0.1) is 5.41 Å². The Morgan fingerprint density at radius 1 is 1.08 bits per heavy atom. The molecule has 2 atom stereocenters. The molecule has 4 rings (SSSR count). The minimum absolute atomic E-state index is 0.254. The molecular formula is C21H24N2O. The van der Waals surface area contributed by atoms with Crippen LogP contribution in [0.15, 0.2) is 54.6 Å². The molecule has 3 heteroatoms. The van der Waals surface area contributed by atoms with Crippen LogP contribution in [0.3, 0.4) is 0 Å². The Hall–Kier alpha value is -2.13. The summed E-state index contributed by atoms with van der Waals surface area (Å²) in [7, 11) is 0. The zero-order valence-corrected chi connectivity index (χ0v) is 13.9. The molecule has 0 unspecified atom stereocenters. The average molecular weight is 320 g/mol. The maximum absolute atomic E-state index is 13.6. The van der Waals surface area contributed by atoms with Crippen LogP contribution in [-0.4, -0.2) is 23.9 Å². The molecule has 1 heterocycles. The first-order chi connectivity index (χ1) is 11.8. The lowest BCUT2D eigenvalue weighted by Crippen LogP contribution is -2.59. The highest BCUT2D eigenvalue weighted by atomic mass is 16.2. The number of nitrogens with two attached hydrogens (primary N) is 1. The number of rotatable bonds is 3. The summed E-state index contributed by atoms with van der Waals surface area (Å²) in [4.78, 5) is 15.6. The molecule has 2 N–H and O–H groups in total. The fourth-order valence-electron chi connectivity index (χ4n) is 4.43. The van der Waals surface area contributed by atoms with Crippen molar-refractivity contribution in [3.8, 4) is 0 Å². The van der Waals surface area contributed by atoms with E-state index in [0.717, 1.165) is 37.9 Å². The Kier molecular flexibility index (Phi) is 3.89. The first-order valence-electron chi connectivity index (χ1n) is 8.87. The Morgan fingerprint density at radius 2 is 1.79 bits per heavy atom. The van der Waals surface area contributed by atoms with Gasteiger partial charge in [-0.1, -0.05) is 54.6 Å². The van der Waals surface area contributed by atoms with Gasteiger partial charge in [0.1, 0.15) is 0 Å². The lowest BCUT2D eigenvalue weighted by molar-refractivity contribution is -0.145. The normalized spacial score (nSPS) is 25.7. The van der Waals surface area contributed by atoms with Crippen molar-refractivity contribution in [2.24, 2.45) is 11.7 Å². The van der Waals surface area contributed by atoms with E-state index in [9.17, 15) is 4.79 Å². The summed E-state index contributed by atoms with van der Waals surface area (Å²) in [5.74, 6) is 0.523. The van der Waals surface area contributed by atoms with Crippen molar-refractivity contribution >= 4 is 5.91 Å². The van der Waals surface area contributed by atoms with E-state index in [0.29, 0.717) is 6.54 Å². The minimum Gasteiger partial charge on any atom is -0.337 e. The third-order valence-electron chi connectivity index (χ3n) is 5.96. The summed E-state index contributed by atoms with van der Waals surface area (Å²) in [6.07, 6.45) is 2.90. The van der Waals surface area contributed by atoms with Crippen molar-refractivity contribution in [1.29, 1.82) is 0 Å². The van der Waals surface area contributed by atoms with Gasteiger partial charge in [0.25, 0.3) is 0 Å². The van der Waals surface area contributed by atoms with Crippen LogP contribution in [0.5, 0.6) is 0 Å². The summed E-state index contributed by atoms with van der Waals surface area (Å²) in [5.41, 5.74) is 9.40. The SMILES string of the molecule is NC[C@@H]1CC[C@@]1(C(=O)N1CCc2ccccc2C1)c1ccccc1. The average Bonchev–Trinajstić information content (AvgIpc) is 2.62. The van der Waals surface area contributed by atoms with Gasteiger partial charge in [-0.2, -0.15) is 0 Å². The van der Waals surface area contributed by atoms with Crippen molar-refractivity contribution in [2.75, 3.05) is 13.1 Å². The van der Waals surface area contributed by atoms with Crippen LogP contribution in [0.25, 0.3) is 0 Å². The van der Waals surface area contributed by atoms with Gasteiger partial charge in [-0.05, 0) is 48.4 Å². The minimum atomic E-state index is -0.414. The molecule has 1 amide bonds. The molecule has 0 spiro atoms. The lowest BCUT2D eigenvalue weighted by atomic mass is 9.55. The molecule has 0 saturated heterocycles. The number of nitrogens with zero attached hydrogens (tertiary/aromatic N) is 1. The second kappa shape index (κ2) is 6.06. The first kappa shape index (κ1) is 15.4. The molecule has 24 heavy (non-hydrogen) atoms. The van der Waals surface area contributed by atoms with Crippen LogP contribution < -0.4 is 5.73 Å². The van der Waals surface area contributed by atoms with Crippen LogP contribution in [0, 0.1) is 5.92 Å². The first-order valence-corrected chi connectivity index (χ1v) is 8.87. The zero-order valence-electron chi connectivity index (χ0n) is 13.9. The van der Waals surface area contributed by atoms with E-state index in [4.69, 9.17) is 5.73 Å². The zero-order chi connectivity index (χ0) is 16.6. The number of fused-ring (bicyclic) bond motifs is 1. The molecule has 0 aromatic heterocycles. The van der Waals surface area contributed by atoms with Crippen molar-refractivity contribution in [3.05, 3.63) is 71.3 Å². The van der Waals surface area contributed by atoms with E-state index in [1.54, 1.807) is 0 Å². The molecule has 2 aliphatic rings. The standard InChI is InChI=1S/C21H24N2O/c22-14-19-10-12-21(19,18-8-2-1-3-9-18)20(24)23-13-11-16-6-4-5-7-17(16)15-23/h1-9,19H,10-15,22H2/t19-,21+/m0/s1. The van der Waals surface area contributed by atoms with Crippen LogP contribution in [0.2, 0.25) is 0 Å². The van der Waals surface area contributed by atoms with Gasteiger partial charge in [-0.3, -0.25) is 4.79 Å². The van der Waals surface area contributed by atoms with E-state index in [1.165, 1.54) is 11.1 Å². The summed E-state index contributed by atoms with van der Waals surface area (Å²) >= 11 is 0. The highest BCUT2D eigenvalue weighted by Gasteiger charge is 2.54. The van der Waals surface area contributed by atoms with Gasteiger partial charge in [-0.25, -0.2) is 0 Å². The fraction of sp³-hybridized carbons (Fsp3) is 0.381. The monoisotopic (exact) mass is 320 g/mol. The molecule has 0 radical (unpaired) electrons. The number of benzene rings is 2. The number of carbonyl (C=O) groups excluding carboxylic acids is 1. The van der Waals surface area contributed by atoms with Crippen molar-refractivity contribution in [1.82, 2.24) is 4.90 Å². The Morgan fingerprint density at radius 3 is 2.46 bits per heavy atom. The molecule has 2 aromatic carbocycles. The number of amides is 1. The highest BCUT2D eigenvalue weighted by Crippen LogP contribution is 2.50. The van der Waals surface area contributed by atoms with Gasteiger partial charge >= 0.3 is 0 Å². The second-order valence-electron chi connectivity index (χ2n) is 7.05. The molecule has 1 saturated carbocycles. The van der Waals surface area contributed by atoms with Gasteiger partial charge in [0, 0.05) is 13.1 Å². The van der Waals surface area contributed by atoms with Crippen LogP contribution in [-0.2, 0) is 23.2 Å². The lowest BCUT2D eigenvalue weighted by Gasteiger charge is -2.51. The summed E-state index contributed by atoms with van der Waals surface area (Å²) in [5, 5.41) is 0. The second-order valence-corrected chi connectivity index (χ2v) is 7.05. The molecule has 124 valence electrons. The Bertz CT molecular complexity index is 741. The molecule has 1 aliphatic carbocycles. The van der Waals surface area contributed by atoms with Gasteiger partial charge in [0.15, 0.2) is 0 Å². The fourth-order valence-corrected chi connectivity index (χ4v) is 4.43. The summed E-state index contributed by atoms with van der Waals surface area (Å²) in [6, 6.07) is 18.7. The van der Waals surface area contributed by atoms with Crippen LogP contribution in [0.4, 0.5) is 0 Å². The number of carbonyl (C=O) groups is 1. The van der Waals surface area contributed by atoms with Gasteiger partial charge in [-0.15, -0.1) is 0 Å². The maximum atomic E-state index is 13.6. The van der Waals surface area contributed by atoms with Crippen molar-refractivity contribution < 1.29 is 4.79 Å². The Balaban J connectivity index is 1.66. The molecule has 3 nitrogen and oxygen atoms in total. The van der Waals surface area contributed by atoms with Crippen molar-refractivity contribution in [2.45, 2.75) is 31.2 Å². The molecule has 1 fully saturated rings. The highest BCUT2D eigenvalue weighted by molar-refractivity contribution is 5.90. The molecule has 0 bridgehead atoms. The Labute approximate surface area is 143 Å². The van der Waals surface area contributed by atoms with E-state index in [2.05, 4.69) is 41.3 Å². The van der Waals surface area contributed by atoms with Crippen LogP contribution >= 0.6 is 0 Å². The molecular weight excluding hydrogens is 296 g/mol. The number of hydrogen-bond donors (Lipinski definition) is 1. The van der Waals surface area contributed by atoms with E-state index < -0.39 is 5.41 Å². The molecule has 1 aliphatic heterocycles. The number of hydrogen-bond acceptors (Lipinski definition) is 2. The predicted octanol–water partition coefficient (Wildman–Crippen LogP) is 2.88. The third kappa shape index (κ3) is 2.27.